The molecule has 1 atom stereocenters. The number of carbonyl (C=O) groups excluding carboxylic acids is 1. The molecule has 26 heavy (non-hydrogen) atoms. The summed E-state index contributed by atoms with van der Waals surface area (Å²) >= 11 is 5.90. The van der Waals surface area contributed by atoms with Gasteiger partial charge in [-0.05, 0) is 31.2 Å². The number of amides is 1. The minimum atomic E-state index is -0.493. The molecule has 136 valence electrons. The maximum Gasteiger partial charge on any atom is 0.240 e. The lowest BCUT2D eigenvalue weighted by Gasteiger charge is -2.35. The molecule has 0 bridgehead atoms. The molecule has 0 unspecified atom stereocenters. The summed E-state index contributed by atoms with van der Waals surface area (Å²) in [5.41, 5.74) is 1.77. The van der Waals surface area contributed by atoms with Crippen LogP contribution in [0.5, 0.6) is 11.5 Å². The molecule has 1 aromatic heterocycles. The van der Waals surface area contributed by atoms with E-state index in [1.807, 2.05) is 24.3 Å². The second-order valence-corrected chi connectivity index (χ2v) is 6.89. The van der Waals surface area contributed by atoms with Crippen molar-refractivity contribution in [2.75, 3.05) is 37.9 Å². The second-order valence-electron chi connectivity index (χ2n) is 6.24. The third-order valence-electron chi connectivity index (χ3n) is 4.53. The van der Waals surface area contributed by atoms with E-state index in [4.69, 9.17) is 21.1 Å². The highest BCUT2D eigenvalue weighted by Crippen LogP contribution is 2.35. The van der Waals surface area contributed by atoms with E-state index in [0.717, 1.165) is 22.8 Å². The van der Waals surface area contributed by atoms with Crippen LogP contribution in [0.3, 0.4) is 0 Å². The van der Waals surface area contributed by atoms with Gasteiger partial charge in [0.2, 0.25) is 18.6 Å². The van der Waals surface area contributed by atoms with Gasteiger partial charge in [-0.3, -0.25) is 4.79 Å². The van der Waals surface area contributed by atoms with Crippen LogP contribution in [0.2, 0.25) is 0 Å². The van der Waals surface area contributed by atoms with Gasteiger partial charge in [-0.15, -0.1) is 11.6 Å². The van der Waals surface area contributed by atoms with Crippen LogP contribution in [0, 0.1) is 0 Å². The minimum absolute atomic E-state index is 0.0265. The first kappa shape index (κ1) is 16.9. The highest BCUT2D eigenvalue weighted by atomic mass is 35.5. The predicted molar refractivity (Wildman–Crippen MR) is 97.7 cm³/mol. The van der Waals surface area contributed by atoms with Gasteiger partial charge < -0.3 is 19.3 Å². The van der Waals surface area contributed by atoms with Gasteiger partial charge in [0.1, 0.15) is 5.38 Å². The van der Waals surface area contributed by atoms with Gasteiger partial charge in [0.15, 0.2) is 11.5 Å². The first-order valence-electron chi connectivity index (χ1n) is 8.53. The molecule has 7 nitrogen and oxygen atoms in total. The lowest BCUT2D eigenvalue weighted by Crippen LogP contribution is -2.50. The van der Waals surface area contributed by atoms with Crippen LogP contribution in [-0.4, -0.2) is 59.1 Å². The topological polar surface area (TPSA) is 67.8 Å². The fourth-order valence-electron chi connectivity index (χ4n) is 3.10. The van der Waals surface area contributed by atoms with E-state index in [1.54, 1.807) is 18.0 Å². The fraction of sp³-hybridized carbons (Fsp3) is 0.389. The van der Waals surface area contributed by atoms with Gasteiger partial charge in [0.05, 0.1) is 5.69 Å². The molecule has 2 aromatic rings. The Morgan fingerprint density at radius 2 is 1.92 bits per heavy atom. The van der Waals surface area contributed by atoms with Crippen molar-refractivity contribution in [1.82, 2.24) is 14.9 Å². The molecule has 2 aliphatic rings. The molecule has 1 saturated heterocycles. The highest BCUT2D eigenvalue weighted by molar-refractivity contribution is 6.30. The van der Waals surface area contributed by atoms with Crippen LogP contribution in [0.25, 0.3) is 11.3 Å². The number of alkyl halides is 1. The summed E-state index contributed by atoms with van der Waals surface area (Å²) in [6.45, 7) is 4.55. The number of piperazine rings is 1. The lowest BCUT2D eigenvalue weighted by molar-refractivity contribution is -0.130. The van der Waals surface area contributed by atoms with Gasteiger partial charge >= 0.3 is 0 Å². The number of fused-ring (bicyclic) bond motifs is 1. The summed E-state index contributed by atoms with van der Waals surface area (Å²) in [5.74, 6) is 2.11. The van der Waals surface area contributed by atoms with Crippen LogP contribution in [0.1, 0.15) is 6.92 Å². The van der Waals surface area contributed by atoms with Crippen molar-refractivity contribution in [3.05, 3.63) is 30.5 Å². The maximum atomic E-state index is 12.0. The van der Waals surface area contributed by atoms with E-state index < -0.39 is 5.38 Å². The summed E-state index contributed by atoms with van der Waals surface area (Å²) in [4.78, 5) is 24.9. The van der Waals surface area contributed by atoms with Crippen molar-refractivity contribution < 1.29 is 14.3 Å². The quantitative estimate of drug-likeness (QED) is 0.767. The monoisotopic (exact) mass is 374 g/mol. The third-order valence-corrected chi connectivity index (χ3v) is 4.71. The molecule has 0 radical (unpaired) electrons. The van der Waals surface area contributed by atoms with Crippen LogP contribution in [0.4, 0.5) is 5.95 Å². The van der Waals surface area contributed by atoms with Crippen molar-refractivity contribution in [3.63, 3.8) is 0 Å². The number of hydrogen-bond donors (Lipinski definition) is 0. The molecule has 1 aromatic carbocycles. The van der Waals surface area contributed by atoms with E-state index in [-0.39, 0.29) is 12.7 Å². The van der Waals surface area contributed by atoms with E-state index in [2.05, 4.69) is 14.9 Å². The van der Waals surface area contributed by atoms with Crippen molar-refractivity contribution in [2.24, 2.45) is 0 Å². The number of carbonyl (C=O) groups is 1. The molecule has 8 heteroatoms. The number of benzene rings is 1. The summed E-state index contributed by atoms with van der Waals surface area (Å²) in [6, 6.07) is 7.64. The zero-order chi connectivity index (χ0) is 18.1. The van der Waals surface area contributed by atoms with Crippen LogP contribution >= 0.6 is 11.6 Å². The molecule has 3 heterocycles. The number of anilines is 1. The van der Waals surface area contributed by atoms with Crippen molar-refractivity contribution in [1.29, 1.82) is 0 Å². The number of aromatic nitrogens is 2. The lowest BCUT2D eigenvalue weighted by atomic mass is 10.1. The molecular formula is C18H19ClN4O3. The minimum Gasteiger partial charge on any atom is -0.454 e. The SMILES string of the molecule is C[C@H](Cl)C(=O)N1CCN(c2nccc(-c3ccc4c(c3)OCO4)n2)CC1. The first-order valence-corrected chi connectivity index (χ1v) is 8.96. The van der Waals surface area contributed by atoms with E-state index >= 15 is 0 Å². The molecule has 0 N–H and O–H groups in total. The van der Waals surface area contributed by atoms with Crippen LogP contribution in [0.15, 0.2) is 30.5 Å². The predicted octanol–water partition coefficient (Wildman–Crippen LogP) is 2.15. The number of rotatable bonds is 3. The highest BCUT2D eigenvalue weighted by Gasteiger charge is 2.25. The van der Waals surface area contributed by atoms with E-state index in [9.17, 15) is 4.79 Å². The number of nitrogens with zero attached hydrogens (tertiary/aromatic N) is 4. The average molecular weight is 375 g/mol. The zero-order valence-electron chi connectivity index (χ0n) is 14.4. The van der Waals surface area contributed by atoms with Gasteiger partial charge in [-0.25, -0.2) is 9.97 Å². The standard InChI is InChI=1S/C18H19ClN4O3/c1-12(19)17(24)22-6-8-23(9-7-22)18-20-5-4-14(21-18)13-2-3-15-16(10-13)26-11-25-15/h2-5,10,12H,6-9,11H2,1H3/t12-/m0/s1. The molecule has 2 aliphatic heterocycles. The van der Waals surface area contributed by atoms with Gasteiger partial charge in [0, 0.05) is 37.9 Å². The molecule has 1 amide bonds. The molecular weight excluding hydrogens is 356 g/mol. The Bertz CT molecular complexity index is 822. The van der Waals surface area contributed by atoms with Crippen LogP contribution in [-0.2, 0) is 4.79 Å². The Balaban J connectivity index is 1.49. The summed E-state index contributed by atoms with van der Waals surface area (Å²) < 4.78 is 10.8. The molecule has 0 saturated carbocycles. The van der Waals surface area contributed by atoms with Crippen molar-refractivity contribution >= 4 is 23.5 Å². The first-order chi connectivity index (χ1) is 12.6. The number of ether oxygens (including phenoxy) is 2. The average Bonchev–Trinajstić information content (AvgIpc) is 3.15. The third kappa shape index (κ3) is 3.26. The van der Waals surface area contributed by atoms with Gasteiger partial charge in [-0.2, -0.15) is 0 Å². The van der Waals surface area contributed by atoms with Crippen molar-refractivity contribution in [2.45, 2.75) is 12.3 Å². The van der Waals surface area contributed by atoms with Crippen molar-refractivity contribution in [3.8, 4) is 22.8 Å². The number of hydrogen-bond acceptors (Lipinski definition) is 6. The molecule has 4 rings (SSSR count). The Morgan fingerprint density at radius 1 is 1.15 bits per heavy atom. The smallest absolute Gasteiger partial charge is 0.240 e. The van der Waals surface area contributed by atoms with Gasteiger partial charge in [-0.1, -0.05) is 0 Å². The Morgan fingerprint density at radius 3 is 2.69 bits per heavy atom. The molecule has 0 spiro atoms. The van der Waals surface area contributed by atoms with E-state index in [1.165, 1.54) is 0 Å². The zero-order valence-corrected chi connectivity index (χ0v) is 15.1. The Hall–Kier alpha value is -2.54. The summed E-state index contributed by atoms with van der Waals surface area (Å²) in [6.07, 6.45) is 1.75. The Labute approximate surface area is 156 Å². The second kappa shape index (κ2) is 6.99. The largest absolute Gasteiger partial charge is 0.454 e. The summed E-state index contributed by atoms with van der Waals surface area (Å²) in [5, 5.41) is -0.493. The van der Waals surface area contributed by atoms with Crippen LogP contribution < -0.4 is 14.4 Å². The summed E-state index contributed by atoms with van der Waals surface area (Å²) in [7, 11) is 0. The fourth-order valence-corrected chi connectivity index (χ4v) is 3.23. The maximum absolute atomic E-state index is 12.0. The van der Waals surface area contributed by atoms with E-state index in [0.29, 0.717) is 32.1 Å². The molecule has 0 aliphatic carbocycles. The normalized spacial score (nSPS) is 17.3. The van der Waals surface area contributed by atoms with Gasteiger partial charge in [0.25, 0.3) is 0 Å². The molecule has 1 fully saturated rings. The number of halogens is 1. The Kier molecular flexibility index (Phi) is 4.55.